The number of carbonyl (C=O) groups is 1. The highest BCUT2D eigenvalue weighted by Gasteiger charge is 2.32. The molecule has 0 bridgehead atoms. The van der Waals surface area contributed by atoms with Gasteiger partial charge < -0.3 is 10.1 Å². The zero-order chi connectivity index (χ0) is 18.1. The molecule has 130 valence electrons. The lowest BCUT2D eigenvalue weighted by Crippen LogP contribution is -2.32. The Labute approximate surface area is 157 Å². The Hall–Kier alpha value is -1.96. The van der Waals surface area contributed by atoms with E-state index in [0.29, 0.717) is 32.0 Å². The highest BCUT2D eigenvalue weighted by atomic mass is 35.5. The third kappa shape index (κ3) is 3.53. The molecule has 1 atom stereocenters. The zero-order valence-corrected chi connectivity index (χ0v) is 15.5. The number of nitrogens with zero attached hydrogens (tertiary/aromatic N) is 2. The molecule has 2 heterocycles. The summed E-state index contributed by atoms with van der Waals surface area (Å²) in [5.41, 5.74) is 1.36. The topological polar surface area (TPSA) is 63.6 Å². The van der Waals surface area contributed by atoms with Crippen molar-refractivity contribution in [2.45, 2.75) is 13.0 Å². The second-order valence-electron chi connectivity index (χ2n) is 5.18. The number of rotatable bonds is 3. The van der Waals surface area contributed by atoms with Crippen LogP contribution in [0.5, 0.6) is 0 Å². The number of thiazole rings is 1. The van der Waals surface area contributed by atoms with Gasteiger partial charge >= 0.3 is 5.97 Å². The smallest absolute Gasteiger partial charge is 0.338 e. The van der Waals surface area contributed by atoms with Gasteiger partial charge in [-0.05, 0) is 19.1 Å². The van der Waals surface area contributed by atoms with Crippen LogP contribution in [-0.2, 0) is 9.53 Å². The van der Waals surface area contributed by atoms with Crippen LogP contribution in [0.1, 0.15) is 23.4 Å². The monoisotopic (exact) mass is 399 g/mol. The highest BCUT2D eigenvalue weighted by Crippen LogP contribution is 2.36. The van der Waals surface area contributed by atoms with E-state index >= 15 is 0 Å². The van der Waals surface area contributed by atoms with Gasteiger partial charge in [-0.1, -0.05) is 40.6 Å². The molecule has 0 spiro atoms. The number of esters is 1. The normalized spacial score (nSPS) is 17.2. The maximum absolute atomic E-state index is 13.4. The van der Waals surface area contributed by atoms with Crippen LogP contribution < -0.4 is 5.32 Å². The molecular weight excluding hydrogens is 388 g/mol. The van der Waals surface area contributed by atoms with Crippen LogP contribution in [0.3, 0.4) is 0 Å². The predicted octanol–water partition coefficient (Wildman–Crippen LogP) is 4.13. The van der Waals surface area contributed by atoms with Gasteiger partial charge in [0.25, 0.3) is 0 Å². The molecule has 1 aliphatic rings. The van der Waals surface area contributed by atoms with Crippen LogP contribution in [0.25, 0.3) is 0 Å². The predicted molar refractivity (Wildman–Crippen MR) is 95.7 cm³/mol. The van der Waals surface area contributed by atoms with Crippen molar-refractivity contribution in [1.82, 2.24) is 10.3 Å². The van der Waals surface area contributed by atoms with Crippen LogP contribution in [0.15, 0.2) is 40.7 Å². The Morgan fingerprint density at radius 2 is 2.16 bits per heavy atom. The van der Waals surface area contributed by atoms with Crippen molar-refractivity contribution in [1.29, 1.82) is 0 Å². The molecule has 0 saturated carbocycles. The molecule has 2 aromatic rings. The molecule has 1 aromatic heterocycles. The quantitative estimate of drug-likeness (QED) is 0.788. The van der Waals surface area contributed by atoms with E-state index < -0.39 is 17.8 Å². The molecular formula is C16H12Cl2FN3O2S. The summed E-state index contributed by atoms with van der Waals surface area (Å²) in [5, 5.41) is 3.24. The number of benzene rings is 1. The van der Waals surface area contributed by atoms with Gasteiger partial charge in [0.15, 0.2) is 4.47 Å². The first kappa shape index (κ1) is 17.8. The van der Waals surface area contributed by atoms with E-state index in [9.17, 15) is 9.18 Å². The Morgan fingerprint density at radius 1 is 1.40 bits per heavy atom. The lowest BCUT2D eigenvalue weighted by atomic mass is 9.96. The SMILES string of the molecule is COC(=O)C1=C(C)NC(c2cnc(Cl)s2)=N[C@H]1c1ccc(F)cc1Cl. The summed E-state index contributed by atoms with van der Waals surface area (Å²) in [6.45, 7) is 1.73. The van der Waals surface area contributed by atoms with Gasteiger partial charge in [0.1, 0.15) is 17.7 Å². The number of hydrogen-bond acceptors (Lipinski definition) is 6. The fraction of sp³-hybridized carbons (Fsp3) is 0.188. The molecule has 0 radical (unpaired) electrons. The lowest BCUT2D eigenvalue weighted by molar-refractivity contribution is -0.136. The van der Waals surface area contributed by atoms with Crippen LogP contribution in [0.4, 0.5) is 4.39 Å². The fourth-order valence-corrected chi connectivity index (χ4v) is 3.65. The summed E-state index contributed by atoms with van der Waals surface area (Å²) in [6, 6.07) is 3.22. The van der Waals surface area contributed by atoms with E-state index in [1.807, 2.05) is 0 Å². The number of allylic oxidation sites excluding steroid dienone is 1. The van der Waals surface area contributed by atoms with E-state index in [1.165, 1.54) is 36.6 Å². The first-order valence-electron chi connectivity index (χ1n) is 7.11. The molecule has 1 aromatic carbocycles. The number of methoxy groups -OCH3 is 1. The maximum atomic E-state index is 13.4. The summed E-state index contributed by atoms with van der Waals surface area (Å²) < 4.78 is 18.6. The number of ether oxygens (including phenoxy) is 1. The standard InChI is InChI=1S/C16H12Cl2FN3O2S/c1-7-12(15(23)24-2)13(9-4-3-8(19)5-10(9)17)22-14(21-7)11-6-20-16(18)25-11/h3-6,13H,1-2H3,(H,21,22)/t13-/m0/s1. The Balaban J connectivity index is 2.14. The number of carbonyl (C=O) groups excluding carboxylic acids is 1. The van der Waals surface area contributed by atoms with Gasteiger partial charge in [-0.25, -0.2) is 14.2 Å². The molecule has 0 amide bonds. The van der Waals surface area contributed by atoms with Crippen molar-refractivity contribution in [3.8, 4) is 0 Å². The second-order valence-corrected chi connectivity index (χ2v) is 7.20. The van der Waals surface area contributed by atoms with Crippen LogP contribution in [0.2, 0.25) is 9.49 Å². The number of amidine groups is 1. The van der Waals surface area contributed by atoms with Crippen molar-refractivity contribution >= 4 is 46.3 Å². The average Bonchev–Trinajstić information content (AvgIpc) is 3.00. The Kier molecular flexibility index (Phi) is 5.08. The molecule has 1 N–H and O–H groups in total. The molecule has 25 heavy (non-hydrogen) atoms. The molecule has 1 aliphatic heterocycles. The number of aliphatic imine (C=N–C) groups is 1. The first-order chi connectivity index (χ1) is 11.9. The Morgan fingerprint density at radius 3 is 2.76 bits per heavy atom. The maximum Gasteiger partial charge on any atom is 0.338 e. The number of nitrogens with one attached hydrogen (secondary N) is 1. The molecule has 5 nitrogen and oxygen atoms in total. The van der Waals surface area contributed by atoms with E-state index in [1.54, 1.807) is 13.1 Å². The zero-order valence-electron chi connectivity index (χ0n) is 13.1. The Bertz CT molecular complexity index is 911. The van der Waals surface area contributed by atoms with Crippen LogP contribution >= 0.6 is 34.5 Å². The molecule has 9 heteroatoms. The van der Waals surface area contributed by atoms with E-state index in [2.05, 4.69) is 15.3 Å². The van der Waals surface area contributed by atoms with Crippen molar-refractivity contribution in [2.75, 3.05) is 7.11 Å². The van der Waals surface area contributed by atoms with Gasteiger partial charge in [-0.3, -0.25) is 4.99 Å². The molecule has 0 unspecified atom stereocenters. The summed E-state index contributed by atoms with van der Waals surface area (Å²) in [7, 11) is 1.29. The van der Waals surface area contributed by atoms with Crippen LogP contribution in [-0.4, -0.2) is 23.9 Å². The van der Waals surface area contributed by atoms with Gasteiger partial charge in [0.2, 0.25) is 0 Å². The molecule has 0 fully saturated rings. The highest BCUT2D eigenvalue weighted by molar-refractivity contribution is 7.17. The van der Waals surface area contributed by atoms with Crippen molar-refractivity contribution in [2.24, 2.45) is 4.99 Å². The second kappa shape index (κ2) is 7.11. The first-order valence-corrected chi connectivity index (χ1v) is 8.68. The number of halogens is 3. The lowest BCUT2D eigenvalue weighted by Gasteiger charge is -2.25. The summed E-state index contributed by atoms with van der Waals surface area (Å²) in [6.07, 6.45) is 1.58. The average molecular weight is 400 g/mol. The summed E-state index contributed by atoms with van der Waals surface area (Å²) >= 11 is 13.3. The van der Waals surface area contributed by atoms with Gasteiger partial charge in [0, 0.05) is 16.3 Å². The third-order valence-corrected chi connectivity index (χ3v) is 5.06. The van der Waals surface area contributed by atoms with E-state index in [4.69, 9.17) is 27.9 Å². The summed E-state index contributed by atoms with van der Waals surface area (Å²) in [4.78, 5) is 21.5. The van der Waals surface area contributed by atoms with Crippen molar-refractivity contribution in [3.05, 3.63) is 61.4 Å². The molecule has 3 rings (SSSR count). The van der Waals surface area contributed by atoms with Gasteiger partial charge in [-0.2, -0.15) is 0 Å². The van der Waals surface area contributed by atoms with Gasteiger partial charge in [0.05, 0.1) is 23.8 Å². The summed E-state index contributed by atoms with van der Waals surface area (Å²) in [5.74, 6) is -0.512. The number of hydrogen-bond donors (Lipinski definition) is 1. The van der Waals surface area contributed by atoms with E-state index in [-0.39, 0.29) is 5.02 Å². The minimum absolute atomic E-state index is 0.173. The van der Waals surface area contributed by atoms with E-state index in [0.717, 1.165) is 0 Å². The van der Waals surface area contributed by atoms with Crippen LogP contribution in [0, 0.1) is 5.82 Å². The molecule has 0 aliphatic carbocycles. The minimum atomic E-state index is -0.738. The number of aromatic nitrogens is 1. The minimum Gasteiger partial charge on any atom is -0.466 e. The largest absolute Gasteiger partial charge is 0.466 e. The molecule has 0 saturated heterocycles. The van der Waals surface area contributed by atoms with Crippen molar-refractivity contribution < 1.29 is 13.9 Å². The fourth-order valence-electron chi connectivity index (χ4n) is 2.49. The van der Waals surface area contributed by atoms with Gasteiger partial charge in [-0.15, -0.1) is 0 Å². The van der Waals surface area contributed by atoms with Crippen molar-refractivity contribution in [3.63, 3.8) is 0 Å². The third-order valence-electron chi connectivity index (χ3n) is 3.61.